The maximum absolute atomic E-state index is 12.2. The van der Waals surface area contributed by atoms with E-state index in [9.17, 15) is 9.59 Å². The van der Waals surface area contributed by atoms with Crippen molar-refractivity contribution < 1.29 is 9.59 Å². The van der Waals surface area contributed by atoms with Gasteiger partial charge in [-0.2, -0.15) is 5.10 Å². The van der Waals surface area contributed by atoms with Crippen LogP contribution in [0.5, 0.6) is 0 Å². The Morgan fingerprint density at radius 3 is 3.00 bits per heavy atom. The van der Waals surface area contributed by atoms with Crippen molar-refractivity contribution in [3.63, 3.8) is 0 Å². The summed E-state index contributed by atoms with van der Waals surface area (Å²) in [4.78, 5) is 30.0. The molecule has 1 aliphatic heterocycles. The summed E-state index contributed by atoms with van der Waals surface area (Å²) in [5.41, 5.74) is 1.40. The second kappa shape index (κ2) is 8.57. The summed E-state index contributed by atoms with van der Waals surface area (Å²) in [5.74, 6) is -0.188. The second-order valence-corrected chi connectivity index (χ2v) is 6.43. The Morgan fingerprint density at radius 1 is 1.35 bits per heavy atom. The predicted octanol–water partition coefficient (Wildman–Crippen LogP) is 0.591. The Hall–Kier alpha value is -2.74. The van der Waals surface area contributed by atoms with Gasteiger partial charge in [0.05, 0.1) is 12.6 Å². The van der Waals surface area contributed by atoms with Crippen LogP contribution in [0.15, 0.2) is 36.8 Å². The Kier molecular flexibility index (Phi) is 5.96. The van der Waals surface area contributed by atoms with Crippen LogP contribution in [0.3, 0.4) is 0 Å². The first-order valence-electron chi connectivity index (χ1n) is 8.81. The van der Waals surface area contributed by atoms with E-state index in [-0.39, 0.29) is 17.9 Å². The number of piperidine rings is 1. The monoisotopic (exact) mass is 356 g/mol. The molecule has 0 bridgehead atoms. The molecule has 138 valence electrons. The van der Waals surface area contributed by atoms with E-state index >= 15 is 0 Å². The van der Waals surface area contributed by atoms with Crippen LogP contribution >= 0.6 is 0 Å². The number of hydrogen-bond donors (Lipinski definition) is 2. The molecule has 26 heavy (non-hydrogen) atoms. The molecule has 0 aliphatic carbocycles. The molecule has 1 aliphatic rings. The summed E-state index contributed by atoms with van der Waals surface area (Å²) in [6.45, 7) is 2.48. The molecule has 0 radical (unpaired) electrons. The summed E-state index contributed by atoms with van der Waals surface area (Å²) >= 11 is 0. The van der Waals surface area contributed by atoms with Crippen molar-refractivity contribution in [1.82, 2.24) is 30.3 Å². The molecular weight excluding hydrogens is 332 g/mol. The third-order valence-electron chi connectivity index (χ3n) is 4.50. The van der Waals surface area contributed by atoms with E-state index in [2.05, 4.69) is 25.6 Å². The first-order valence-corrected chi connectivity index (χ1v) is 8.81. The zero-order valence-corrected chi connectivity index (χ0v) is 14.9. The SMILES string of the molecule is CNC(=O)c1ccn([C@@H]2CCCN(CC(=O)NCc3cccnc3)C2)n1. The van der Waals surface area contributed by atoms with Crippen molar-refractivity contribution in [3.05, 3.63) is 48.0 Å². The van der Waals surface area contributed by atoms with Crippen LogP contribution in [0, 0.1) is 0 Å². The van der Waals surface area contributed by atoms with Crippen LogP contribution in [0.25, 0.3) is 0 Å². The highest BCUT2D eigenvalue weighted by atomic mass is 16.2. The number of pyridine rings is 1. The van der Waals surface area contributed by atoms with Gasteiger partial charge in [-0.1, -0.05) is 6.07 Å². The summed E-state index contributed by atoms with van der Waals surface area (Å²) < 4.78 is 1.84. The van der Waals surface area contributed by atoms with E-state index in [0.29, 0.717) is 18.8 Å². The average molecular weight is 356 g/mol. The largest absolute Gasteiger partial charge is 0.354 e. The van der Waals surface area contributed by atoms with E-state index in [1.807, 2.05) is 23.0 Å². The molecule has 0 spiro atoms. The zero-order valence-electron chi connectivity index (χ0n) is 14.9. The quantitative estimate of drug-likeness (QED) is 0.790. The molecule has 2 N–H and O–H groups in total. The minimum absolute atomic E-state index is 0.000943. The molecule has 3 rings (SSSR count). The molecular formula is C18H24N6O2. The molecule has 1 saturated heterocycles. The number of nitrogens with one attached hydrogen (secondary N) is 2. The van der Waals surface area contributed by atoms with Crippen molar-refractivity contribution >= 4 is 11.8 Å². The molecule has 1 atom stereocenters. The van der Waals surface area contributed by atoms with Crippen LogP contribution in [0.4, 0.5) is 0 Å². The van der Waals surface area contributed by atoms with Gasteiger partial charge in [0, 0.05) is 38.7 Å². The number of aromatic nitrogens is 3. The number of hydrogen-bond acceptors (Lipinski definition) is 5. The lowest BCUT2D eigenvalue weighted by Crippen LogP contribution is -2.43. The maximum atomic E-state index is 12.2. The molecule has 0 unspecified atom stereocenters. The van der Waals surface area contributed by atoms with Gasteiger partial charge in [0.1, 0.15) is 5.69 Å². The van der Waals surface area contributed by atoms with Crippen LogP contribution < -0.4 is 10.6 Å². The summed E-state index contributed by atoms with van der Waals surface area (Å²) in [6, 6.07) is 5.69. The molecule has 0 aromatic carbocycles. The van der Waals surface area contributed by atoms with Crippen molar-refractivity contribution in [2.75, 3.05) is 26.7 Å². The van der Waals surface area contributed by atoms with Gasteiger partial charge in [0.2, 0.25) is 5.91 Å². The number of carbonyl (C=O) groups excluding carboxylic acids is 2. The highest BCUT2D eigenvalue weighted by molar-refractivity contribution is 5.91. The molecule has 3 heterocycles. The van der Waals surface area contributed by atoms with E-state index in [0.717, 1.165) is 31.5 Å². The third-order valence-corrected chi connectivity index (χ3v) is 4.50. The zero-order chi connectivity index (χ0) is 18.4. The summed E-state index contributed by atoms with van der Waals surface area (Å²) in [6.07, 6.45) is 7.28. The fourth-order valence-corrected chi connectivity index (χ4v) is 3.14. The Morgan fingerprint density at radius 2 is 2.23 bits per heavy atom. The minimum atomic E-state index is -0.189. The Bertz CT molecular complexity index is 745. The first kappa shape index (κ1) is 18.1. The third kappa shape index (κ3) is 4.66. The van der Waals surface area contributed by atoms with Crippen molar-refractivity contribution in [2.45, 2.75) is 25.4 Å². The molecule has 2 amide bonds. The molecule has 0 saturated carbocycles. The number of rotatable bonds is 6. The Labute approximate surface area is 152 Å². The van der Waals surface area contributed by atoms with E-state index in [1.165, 1.54) is 0 Å². The summed E-state index contributed by atoms with van der Waals surface area (Å²) in [5, 5.41) is 9.87. The molecule has 1 fully saturated rings. The average Bonchev–Trinajstić information content (AvgIpc) is 3.17. The van der Waals surface area contributed by atoms with Gasteiger partial charge in [-0.3, -0.25) is 24.2 Å². The lowest BCUT2D eigenvalue weighted by Gasteiger charge is -2.32. The summed E-state index contributed by atoms with van der Waals surface area (Å²) in [7, 11) is 1.59. The highest BCUT2D eigenvalue weighted by Crippen LogP contribution is 2.20. The van der Waals surface area contributed by atoms with Gasteiger partial charge < -0.3 is 10.6 Å². The van der Waals surface area contributed by atoms with Crippen LogP contribution in [0.2, 0.25) is 0 Å². The highest BCUT2D eigenvalue weighted by Gasteiger charge is 2.24. The minimum Gasteiger partial charge on any atom is -0.354 e. The molecule has 8 heteroatoms. The van der Waals surface area contributed by atoms with Gasteiger partial charge in [-0.05, 0) is 37.1 Å². The number of nitrogens with zero attached hydrogens (tertiary/aromatic N) is 4. The van der Waals surface area contributed by atoms with Crippen molar-refractivity contribution in [1.29, 1.82) is 0 Å². The normalized spacial score (nSPS) is 17.7. The van der Waals surface area contributed by atoms with Gasteiger partial charge in [-0.15, -0.1) is 0 Å². The molecule has 8 nitrogen and oxygen atoms in total. The number of likely N-dealkylation sites (tertiary alicyclic amines) is 1. The van der Waals surface area contributed by atoms with Gasteiger partial charge in [0.15, 0.2) is 0 Å². The molecule has 2 aromatic rings. The lowest BCUT2D eigenvalue weighted by atomic mass is 10.1. The van der Waals surface area contributed by atoms with Crippen LogP contribution in [-0.4, -0.2) is 58.2 Å². The van der Waals surface area contributed by atoms with Crippen molar-refractivity contribution in [2.24, 2.45) is 0 Å². The predicted molar refractivity (Wildman–Crippen MR) is 96.4 cm³/mol. The second-order valence-electron chi connectivity index (χ2n) is 6.43. The van der Waals surface area contributed by atoms with Gasteiger partial charge in [0.25, 0.3) is 5.91 Å². The van der Waals surface area contributed by atoms with E-state index in [4.69, 9.17) is 0 Å². The fourth-order valence-electron chi connectivity index (χ4n) is 3.14. The van der Waals surface area contributed by atoms with Crippen LogP contribution in [0.1, 0.15) is 34.9 Å². The Balaban J connectivity index is 1.51. The van der Waals surface area contributed by atoms with E-state index < -0.39 is 0 Å². The lowest BCUT2D eigenvalue weighted by molar-refractivity contribution is -0.122. The fraction of sp³-hybridized carbons (Fsp3) is 0.444. The number of amides is 2. The topological polar surface area (TPSA) is 92.2 Å². The molecule has 2 aromatic heterocycles. The van der Waals surface area contributed by atoms with Gasteiger partial charge in [-0.25, -0.2) is 0 Å². The smallest absolute Gasteiger partial charge is 0.271 e. The standard InChI is InChI=1S/C18H24N6O2/c1-19-18(26)16-6-9-24(22-16)15-5-3-8-23(12-15)13-17(25)21-11-14-4-2-7-20-10-14/h2,4,6-7,9-10,15H,3,5,8,11-13H2,1H3,(H,19,26)(H,21,25)/t15-/m1/s1. The van der Waals surface area contributed by atoms with Crippen molar-refractivity contribution in [3.8, 4) is 0 Å². The van der Waals surface area contributed by atoms with Crippen LogP contribution in [-0.2, 0) is 11.3 Å². The van der Waals surface area contributed by atoms with E-state index in [1.54, 1.807) is 25.5 Å². The number of carbonyl (C=O) groups is 2. The van der Waals surface area contributed by atoms with Gasteiger partial charge >= 0.3 is 0 Å². The maximum Gasteiger partial charge on any atom is 0.271 e. The first-order chi connectivity index (χ1) is 12.7.